The summed E-state index contributed by atoms with van der Waals surface area (Å²) in [5.74, 6) is 1.38. The van der Waals surface area contributed by atoms with E-state index in [1.165, 1.54) is 43.9 Å². The van der Waals surface area contributed by atoms with Gasteiger partial charge in [0.15, 0.2) is 5.96 Å². The lowest BCUT2D eigenvalue weighted by Gasteiger charge is -2.19. The van der Waals surface area contributed by atoms with Crippen molar-refractivity contribution in [3.63, 3.8) is 0 Å². The predicted molar refractivity (Wildman–Crippen MR) is 60.2 cm³/mol. The number of hydrogen-bond acceptors (Lipinski definition) is 2. The molecule has 0 unspecified atom stereocenters. The molecule has 0 aliphatic heterocycles. The van der Waals surface area contributed by atoms with Crippen LogP contribution < -0.4 is 11.5 Å². The van der Waals surface area contributed by atoms with E-state index in [0.29, 0.717) is 5.92 Å². The highest BCUT2D eigenvalue weighted by atomic mass is 32.2. The fraction of sp³-hybridized carbons (Fsp3) is 0.778. The normalized spacial score (nSPS) is 17.7. The molecule has 1 aliphatic rings. The van der Waals surface area contributed by atoms with E-state index < -0.39 is 0 Å². The van der Waals surface area contributed by atoms with Crippen LogP contribution in [0.2, 0.25) is 0 Å². The second-order valence-electron chi connectivity index (χ2n) is 3.62. The minimum Gasteiger partial charge on any atom is -0.370 e. The van der Waals surface area contributed by atoms with E-state index in [4.69, 9.17) is 11.5 Å². The van der Waals surface area contributed by atoms with Crippen molar-refractivity contribution in [3.8, 4) is 0 Å². The molecule has 80 valence electrons. The fourth-order valence-electron chi connectivity index (χ4n) is 1.68. The lowest BCUT2D eigenvalue weighted by atomic mass is 9.91. The molecule has 0 bridgehead atoms. The Morgan fingerprint density at radius 2 is 1.93 bits per heavy atom. The standard InChI is InChI=1S/C9H17N3OS/c10-8(11)12-9(13)14-6-7-4-2-1-3-5-7/h7H,1-6H2,(H4,10,11,12,13). The van der Waals surface area contributed by atoms with Gasteiger partial charge in [0, 0.05) is 5.75 Å². The second-order valence-corrected chi connectivity index (χ2v) is 4.59. The van der Waals surface area contributed by atoms with Gasteiger partial charge in [-0.2, -0.15) is 4.99 Å². The molecule has 0 aromatic rings. The summed E-state index contributed by atoms with van der Waals surface area (Å²) in [5, 5.41) is -0.268. The van der Waals surface area contributed by atoms with Gasteiger partial charge in [-0.15, -0.1) is 0 Å². The molecule has 1 saturated carbocycles. The number of carbonyl (C=O) groups excluding carboxylic acids is 1. The van der Waals surface area contributed by atoms with Gasteiger partial charge < -0.3 is 11.5 Å². The van der Waals surface area contributed by atoms with Crippen molar-refractivity contribution in [1.82, 2.24) is 0 Å². The van der Waals surface area contributed by atoms with Crippen molar-refractivity contribution in [2.24, 2.45) is 22.4 Å². The van der Waals surface area contributed by atoms with Crippen LogP contribution in [0.25, 0.3) is 0 Å². The molecule has 0 saturated heterocycles. The van der Waals surface area contributed by atoms with E-state index in [1.54, 1.807) is 0 Å². The van der Waals surface area contributed by atoms with E-state index in [9.17, 15) is 4.79 Å². The predicted octanol–water partition coefficient (Wildman–Crippen LogP) is 1.69. The minimum atomic E-state index is -0.268. The lowest BCUT2D eigenvalue weighted by molar-refractivity contribution is 0.267. The van der Waals surface area contributed by atoms with Gasteiger partial charge in [0.2, 0.25) is 0 Å². The van der Waals surface area contributed by atoms with Gasteiger partial charge in [-0.25, -0.2) is 0 Å². The summed E-state index contributed by atoms with van der Waals surface area (Å²) in [6.07, 6.45) is 6.40. The third-order valence-electron chi connectivity index (χ3n) is 2.39. The van der Waals surface area contributed by atoms with Crippen molar-refractivity contribution in [2.45, 2.75) is 32.1 Å². The highest BCUT2D eigenvalue weighted by Gasteiger charge is 2.14. The molecule has 0 aromatic carbocycles. The largest absolute Gasteiger partial charge is 0.370 e. The van der Waals surface area contributed by atoms with Crippen molar-refractivity contribution in [3.05, 3.63) is 0 Å². The summed E-state index contributed by atoms with van der Waals surface area (Å²) < 4.78 is 0. The minimum absolute atomic E-state index is 0.147. The quantitative estimate of drug-likeness (QED) is 0.542. The molecule has 0 aromatic heterocycles. The molecule has 1 aliphatic carbocycles. The van der Waals surface area contributed by atoms with Crippen LogP contribution in [0.5, 0.6) is 0 Å². The third-order valence-corrected chi connectivity index (χ3v) is 3.36. The molecule has 0 radical (unpaired) electrons. The average molecular weight is 215 g/mol. The van der Waals surface area contributed by atoms with Crippen molar-refractivity contribution in [1.29, 1.82) is 0 Å². The first-order chi connectivity index (χ1) is 6.68. The molecule has 4 nitrogen and oxygen atoms in total. The van der Waals surface area contributed by atoms with Crippen LogP contribution in [-0.4, -0.2) is 17.0 Å². The molecule has 0 heterocycles. The molecule has 0 spiro atoms. The number of nitrogens with zero attached hydrogens (tertiary/aromatic N) is 1. The summed E-state index contributed by atoms with van der Waals surface area (Å²) in [6, 6.07) is 0. The molecular weight excluding hydrogens is 198 g/mol. The average Bonchev–Trinajstić information content (AvgIpc) is 2.15. The van der Waals surface area contributed by atoms with Crippen molar-refractivity contribution >= 4 is 23.0 Å². The Labute approximate surface area is 88.5 Å². The SMILES string of the molecule is NC(N)=NC(=O)SCC1CCCCC1. The Hall–Kier alpha value is -0.710. The number of nitrogens with two attached hydrogens (primary N) is 2. The van der Waals surface area contributed by atoms with Crippen LogP contribution >= 0.6 is 11.8 Å². The number of rotatable bonds is 2. The van der Waals surface area contributed by atoms with Crippen LogP contribution in [0.3, 0.4) is 0 Å². The van der Waals surface area contributed by atoms with Crippen LogP contribution in [0.1, 0.15) is 32.1 Å². The maximum Gasteiger partial charge on any atom is 0.308 e. The van der Waals surface area contributed by atoms with Crippen LogP contribution in [0.4, 0.5) is 4.79 Å². The number of hydrogen-bond donors (Lipinski definition) is 2. The zero-order chi connectivity index (χ0) is 10.4. The number of amides is 1. The summed E-state index contributed by atoms with van der Waals surface area (Å²) in [6.45, 7) is 0. The maximum atomic E-state index is 11.1. The second kappa shape index (κ2) is 5.90. The molecule has 5 heteroatoms. The molecule has 14 heavy (non-hydrogen) atoms. The monoisotopic (exact) mass is 215 g/mol. The molecule has 1 amide bonds. The third kappa shape index (κ3) is 4.50. The van der Waals surface area contributed by atoms with Crippen LogP contribution in [0, 0.1) is 5.92 Å². The molecular formula is C9H17N3OS. The molecule has 0 atom stereocenters. The number of thioether (sulfide) groups is 1. The molecule has 1 rings (SSSR count). The maximum absolute atomic E-state index is 11.1. The van der Waals surface area contributed by atoms with Gasteiger partial charge in [-0.1, -0.05) is 31.0 Å². The fourth-order valence-corrected chi connectivity index (χ4v) is 2.56. The zero-order valence-corrected chi connectivity index (χ0v) is 9.05. The first-order valence-electron chi connectivity index (χ1n) is 4.95. The van der Waals surface area contributed by atoms with Crippen LogP contribution in [0.15, 0.2) is 4.99 Å². The van der Waals surface area contributed by atoms with Gasteiger partial charge >= 0.3 is 5.24 Å². The van der Waals surface area contributed by atoms with E-state index >= 15 is 0 Å². The van der Waals surface area contributed by atoms with E-state index in [-0.39, 0.29) is 11.2 Å². The Balaban J connectivity index is 2.19. The Morgan fingerprint density at radius 1 is 1.29 bits per heavy atom. The number of carbonyl (C=O) groups is 1. The smallest absolute Gasteiger partial charge is 0.308 e. The molecule has 4 N–H and O–H groups in total. The summed E-state index contributed by atoms with van der Waals surface area (Å²) in [7, 11) is 0. The van der Waals surface area contributed by atoms with Crippen molar-refractivity contribution < 1.29 is 4.79 Å². The van der Waals surface area contributed by atoms with Gasteiger partial charge in [0.1, 0.15) is 0 Å². The van der Waals surface area contributed by atoms with E-state index in [2.05, 4.69) is 4.99 Å². The van der Waals surface area contributed by atoms with E-state index in [0.717, 1.165) is 5.75 Å². The first kappa shape index (κ1) is 11.4. The van der Waals surface area contributed by atoms with Crippen molar-refractivity contribution in [2.75, 3.05) is 5.75 Å². The van der Waals surface area contributed by atoms with Gasteiger partial charge in [-0.05, 0) is 18.8 Å². The Morgan fingerprint density at radius 3 is 2.50 bits per heavy atom. The summed E-state index contributed by atoms with van der Waals surface area (Å²) in [4.78, 5) is 14.6. The van der Waals surface area contributed by atoms with Gasteiger partial charge in [0.05, 0.1) is 0 Å². The van der Waals surface area contributed by atoms with E-state index in [1.807, 2.05) is 0 Å². The highest BCUT2D eigenvalue weighted by molar-refractivity contribution is 8.13. The van der Waals surface area contributed by atoms with Gasteiger partial charge in [0.25, 0.3) is 0 Å². The lowest BCUT2D eigenvalue weighted by Crippen LogP contribution is -2.23. The topological polar surface area (TPSA) is 81.5 Å². The van der Waals surface area contributed by atoms with Gasteiger partial charge in [-0.3, -0.25) is 4.79 Å². The summed E-state index contributed by atoms with van der Waals surface area (Å²) >= 11 is 1.22. The summed E-state index contributed by atoms with van der Waals surface area (Å²) in [5.41, 5.74) is 10.2. The first-order valence-corrected chi connectivity index (χ1v) is 5.93. The number of guanidine groups is 1. The Kier molecular flexibility index (Phi) is 4.79. The Bertz CT molecular complexity index is 220. The van der Waals surface area contributed by atoms with Crippen LogP contribution in [-0.2, 0) is 0 Å². The highest BCUT2D eigenvalue weighted by Crippen LogP contribution is 2.27. The zero-order valence-electron chi connectivity index (χ0n) is 8.24. The molecule has 1 fully saturated rings. The number of aliphatic imine (C=N–C) groups is 1.